The van der Waals surface area contributed by atoms with Crippen molar-refractivity contribution in [3.63, 3.8) is 0 Å². The van der Waals surface area contributed by atoms with Crippen molar-refractivity contribution in [2.45, 2.75) is 39.5 Å². The van der Waals surface area contributed by atoms with E-state index in [9.17, 15) is 0 Å². The van der Waals surface area contributed by atoms with Gasteiger partial charge < -0.3 is 9.47 Å². The number of rotatable bonds is 6. The van der Waals surface area contributed by atoms with Gasteiger partial charge in [-0.15, -0.1) is 0 Å². The van der Waals surface area contributed by atoms with Crippen molar-refractivity contribution in [2.24, 2.45) is 0 Å². The van der Waals surface area contributed by atoms with Crippen LogP contribution in [0, 0.1) is 11.3 Å². The molecule has 2 aromatic carbocycles. The molecule has 0 aromatic heterocycles. The molecule has 0 fully saturated rings. The highest BCUT2D eigenvalue weighted by Gasteiger charge is 2.19. The molecular weight excluding hydrogens is 298 g/mol. The highest BCUT2D eigenvalue weighted by molar-refractivity contribution is 5.43. The van der Waals surface area contributed by atoms with Crippen molar-refractivity contribution < 1.29 is 9.47 Å². The zero-order valence-electron chi connectivity index (χ0n) is 14.9. The summed E-state index contributed by atoms with van der Waals surface area (Å²) in [5, 5.41) is 9.07. The monoisotopic (exact) mass is 323 g/mol. The number of hydrogen-bond acceptors (Lipinski definition) is 3. The van der Waals surface area contributed by atoms with E-state index < -0.39 is 0 Å². The van der Waals surface area contributed by atoms with Crippen LogP contribution in [0.2, 0.25) is 0 Å². The van der Waals surface area contributed by atoms with Gasteiger partial charge in [0.1, 0.15) is 30.8 Å². The smallest absolute Gasteiger partial charge is 0.137 e. The van der Waals surface area contributed by atoms with Crippen LogP contribution < -0.4 is 9.47 Å². The Labute approximate surface area is 144 Å². The van der Waals surface area contributed by atoms with E-state index in [2.05, 4.69) is 45.9 Å². The predicted octanol–water partition coefficient (Wildman–Crippen LogP) is 4.88. The van der Waals surface area contributed by atoms with Gasteiger partial charge in [-0.25, -0.2) is 0 Å². The van der Waals surface area contributed by atoms with E-state index in [4.69, 9.17) is 14.7 Å². The van der Waals surface area contributed by atoms with E-state index >= 15 is 0 Å². The van der Waals surface area contributed by atoms with Crippen LogP contribution in [-0.2, 0) is 11.8 Å². The van der Waals surface area contributed by atoms with Crippen LogP contribution >= 0.6 is 0 Å². The number of hydrogen-bond donors (Lipinski definition) is 0. The molecule has 2 rings (SSSR count). The molecule has 0 N–H and O–H groups in total. The zero-order chi connectivity index (χ0) is 17.6. The Hall–Kier alpha value is -2.47. The maximum absolute atomic E-state index is 9.07. The number of aryl methyl sites for hydroxylation is 1. The molecule has 0 aliphatic carbocycles. The molecule has 0 saturated carbocycles. The minimum Gasteiger partial charge on any atom is -0.490 e. The van der Waals surface area contributed by atoms with Gasteiger partial charge in [0.2, 0.25) is 0 Å². The Balaban J connectivity index is 2.01. The number of para-hydroxylation sites is 1. The molecule has 3 heteroatoms. The first-order chi connectivity index (χ1) is 11.5. The maximum Gasteiger partial charge on any atom is 0.137 e. The molecule has 3 nitrogen and oxygen atoms in total. The van der Waals surface area contributed by atoms with Crippen LogP contribution in [0.15, 0.2) is 42.5 Å². The number of benzene rings is 2. The summed E-state index contributed by atoms with van der Waals surface area (Å²) in [6.07, 6.45) is 1.01. The van der Waals surface area contributed by atoms with Gasteiger partial charge in [-0.2, -0.15) is 5.26 Å². The summed E-state index contributed by atoms with van der Waals surface area (Å²) in [5.74, 6) is 1.50. The van der Waals surface area contributed by atoms with Crippen LogP contribution in [0.4, 0.5) is 0 Å². The topological polar surface area (TPSA) is 42.2 Å². The van der Waals surface area contributed by atoms with Gasteiger partial charge in [0.05, 0.1) is 5.56 Å². The quantitative estimate of drug-likeness (QED) is 0.712. The molecule has 0 amide bonds. The lowest BCUT2D eigenvalue weighted by molar-refractivity contribution is 0.214. The number of nitriles is 1. The predicted molar refractivity (Wildman–Crippen MR) is 96.7 cm³/mol. The lowest BCUT2D eigenvalue weighted by atomic mass is 9.85. The van der Waals surface area contributed by atoms with Crippen molar-refractivity contribution in [3.8, 4) is 17.6 Å². The van der Waals surface area contributed by atoms with Crippen molar-refractivity contribution in [1.29, 1.82) is 5.26 Å². The Morgan fingerprint density at radius 1 is 0.958 bits per heavy atom. The van der Waals surface area contributed by atoms with Crippen LogP contribution in [0.5, 0.6) is 11.5 Å². The van der Waals surface area contributed by atoms with Crippen LogP contribution in [0.3, 0.4) is 0 Å². The summed E-state index contributed by atoms with van der Waals surface area (Å²) >= 11 is 0. The summed E-state index contributed by atoms with van der Waals surface area (Å²) in [4.78, 5) is 0. The minimum atomic E-state index is 0.0226. The molecule has 2 aromatic rings. The summed E-state index contributed by atoms with van der Waals surface area (Å²) in [5.41, 5.74) is 3.08. The van der Waals surface area contributed by atoms with Crippen molar-refractivity contribution >= 4 is 0 Å². The first kappa shape index (κ1) is 17.9. The average molecular weight is 323 g/mol. The molecule has 0 aliphatic rings. The third-order valence-electron chi connectivity index (χ3n) is 3.87. The molecule has 0 spiro atoms. The Kier molecular flexibility index (Phi) is 5.87. The summed E-state index contributed by atoms with van der Waals surface area (Å²) in [7, 11) is 0. The van der Waals surface area contributed by atoms with Crippen molar-refractivity contribution in [2.75, 3.05) is 13.2 Å². The second-order valence-corrected chi connectivity index (χ2v) is 6.74. The standard InChI is InChI=1S/C21H25NO2/c1-5-16-10-11-20(18(14-16)21(2,3)4)24-13-12-23-19-9-7-6-8-17(19)15-22/h6-11,14H,5,12-13H2,1-4H3. The molecule has 0 radical (unpaired) electrons. The van der Waals surface area contributed by atoms with Gasteiger partial charge in [0.15, 0.2) is 0 Å². The molecular formula is C21H25NO2. The molecule has 0 heterocycles. The molecule has 126 valence electrons. The van der Waals surface area contributed by atoms with Gasteiger partial charge >= 0.3 is 0 Å². The van der Waals surface area contributed by atoms with Crippen LogP contribution in [0.25, 0.3) is 0 Å². The van der Waals surface area contributed by atoms with Crippen molar-refractivity contribution in [3.05, 3.63) is 59.2 Å². The number of ether oxygens (including phenoxy) is 2. The fourth-order valence-corrected chi connectivity index (χ4v) is 2.50. The van der Waals surface area contributed by atoms with Gasteiger partial charge in [0, 0.05) is 0 Å². The molecule has 24 heavy (non-hydrogen) atoms. The molecule has 0 aliphatic heterocycles. The van der Waals surface area contributed by atoms with Gasteiger partial charge in [-0.3, -0.25) is 0 Å². The van der Waals surface area contributed by atoms with Crippen LogP contribution in [0.1, 0.15) is 44.4 Å². The fraction of sp³-hybridized carbons (Fsp3) is 0.381. The molecule has 0 atom stereocenters. The van der Waals surface area contributed by atoms with E-state index in [0.29, 0.717) is 24.5 Å². The lowest BCUT2D eigenvalue weighted by Crippen LogP contribution is -2.16. The normalized spacial score (nSPS) is 11.0. The Morgan fingerprint density at radius 3 is 2.25 bits per heavy atom. The van der Waals surface area contributed by atoms with E-state index in [-0.39, 0.29) is 5.41 Å². The second-order valence-electron chi connectivity index (χ2n) is 6.74. The average Bonchev–Trinajstić information content (AvgIpc) is 2.58. The van der Waals surface area contributed by atoms with E-state index in [1.165, 1.54) is 11.1 Å². The highest BCUT2D eigenvalue weighted by Crippen LogP contribution is 2.32. The van der Waals surface area contributed by atoms with Gasteiger partial charge in [-0.05, 0) is 41.2 Å². The highest BCUT2D eigenvalue weighted by atomic mass is 16.5. The Morgan fingerprint density at radius 2 is 1.62 bits per heavy atom. The van der Waals surface area contributed by atoms with Gasteiger partial charge in [0.25, 0.3) is 0 Å². The second kappa shape index (κ2) is 7.88. The zero-order valence-corrected chi connectivity index (χ0v) is 14.9. The van der Waals surface area contributed by atoms with E-state index in [1.54, 1.807) is 12.1 Å². The SMILES string of the molecule is CCc1ccc(OCCOc2ccccc2C#N)c(C(C)(C)C)c1. The summed E-state index contributed by atoms with van der Waals surface area (Å²) in [6, 6.07) is 15.7. The Bertz CT molecular complexity index is 723. The van der Waals surface area contributed by atoms with Crippen molar-refractivity contribution in [1.82, 2.24) is 0 Å². The van der Waals surface area contributed by atoms with E-state index in [0.717, 1.165) is 12.2 Å². The third kappa shape index (κ3) is 4.52. The number of nitrogens with zero attached hydrogens (tertiary/aromatic N) is 1. The largest absolute Gasteiger partial charge is 0.490 e. The summed E-state index contributed by atoms with van der Waals surface area (Å²) < 4.78 is 11.6. The fourth-order valence-electron chi connectivity index (χ4n) is 2.50. The van der Waals surface area contributed by atoms with E-state index in [1.807, 2.05) is 18.2 Å². The molecule has 0 unspecified atom stereocenters. The first-order valence-electron chi connectivity index (χ1n) is 8.34. The summed E-state index contributed by atoms with van der Waals surface area (Å²) in [6.45, 7) is 9.56. The lowest BCUT2D eigenvalue weighted by Gasteiger charge is -2.23. The molecule has 0 saturated heterocycles. The minimum absolute atomic E-state index is 0.0226. The van der Waals surface area contributed by atoms with Gasteiger partial charge in [-0.1, -0.05) is 52.0 Å². The van der Waals surface area contributed by atoms with Crippen LogP contribution in [-0.4, -0.2) is 13.2 Å². The maximum atomic E-state index is 9.07. The third-order valence-corrected chi connectivity index (χ3v) is 3.87. The molecule has 0 bridgehead atoms. The first-order valence-corrected chi connectivity index (χ1v) is 8.34.